The summed E-state index contributed by atoms with van der Waals surface area (Å²) in [6.07, 6.45) is 2.41. The highest BCUT2D eigenvalue weighted by Crippen LogP contribution is 2.21. The van der Waals surface area contributed by atoms with Crippen molar-refractivity contribution in [1.29, 1.82) is 0 Å². The Balaban J connectivity index is 2.12. The van der Waals surface area contributed by atoms with Crippen LogP contribution in [-0.4, -0.2) is 30.8 Å². The summed E-state index contributed by atoms with van der Waals surface area (Å²) in [6.45, 7) is 1.10. The van der Waals surface area contributed by atoms with Crippen LogP contribution < -0.4 is 10.2 Å². The molecule has 0 spiro atoms. The molecule has 1 saturated heterocycles. The topological polar surface area (TPSA) is 41.0 Å². The lowest BCUT2D eigenvalue weighted by atomic mass is 10.1. The zero-order valence-electron chi connectivity index (χ0n) is 8.70. The Morgan fingerprint density at radius 2 is 2.21 bits per heavy atom. The van der Waals surface area contributed by atoms with E-state index >= 15 is 0 Å². The molecule has 14 heavy (non-hydrogen) atoms. The van der Waals surface area contributed by atoms with Crippen molar-refractivity contribution >= 4 is 5.82 Å². The van der Waals surface area contributed by atoms with Gasteiger partial charge in [-0.3, -0.25) is 0 Å². The van der Waals surface area contributed by atoms with Gasteiger partial charge in [0, 0.05) is 14.1 Å². The first kappa shape index (κ1) is 9.40. The Kier molecular flexibility index (Phi) is 2.63. The minimum absolute atomic E-state index is 0.415. The van der Waals surface area contributed by atoms with Crippen LogP contribution in [0.25, 0.3) is 0 Å². The van der Waals surface area contributed by atoms with Crippen LogP contribution in [0.5, 0.6) is 0 Å². The summed E-state index contributed by atoms with van der Waals surface area (Å²) in [5.41, 5.74) is 1.06. The third-order valence-electron chi connectivity index (χ3n) is 2.55. The van der Waals surface area contributed by atoms with Crippen molar-refractivity contribution in [1.82, 2.24) is 15.5 Å². The molecule has 1 atom stereocenters. The third kappa shape index (κ3) is 1.85. The van der Waals surface area contributed by atoms with Gasteiger partial charge in [-0.15, -0.1) is 5.10 Å². The minimum atomic E-state index is 0.415. The minimum Gasteiger partial charge on any atom is -0.361 e. The van der Waals surface area contributed by atoms with Crippen LogP contribution in [0.2, 0.25) is 0 Å². The normalized spacial score (nSPS) is 21.1. The summed E-state index contributed by atoms with van der Waals surface area (Å²) >= 11 is 0. The van der Waals surface area contributed by atoms with E-state index in [4.69, 9.17) is 0 Å². The molecular formula is C10H16N4. The molecular weight excluding hydrogens is 176 g/mol. The van der Waals surface area contributed by atoms with E-state index in [0.29, 0.717) is 6.04 Å². The highest BCUT2D eigenvalue weighted by atomic mass is 15.2. The summed E-state index contributed by atoms with van der Waals surface area (Å²) in [4.78, 5) is 1.96. The van der Waals surface area contributed by atoms with Crippen LogP contribution in [0.4, 0.5) is 5.82 Å². The second kappa shape index (κ2) is 3.92. The molecule has 0 aromatic carbocycles. The highest BCUT2D eigenvalue weighted by Gasteiger charge is 2.17. The maximum absolute atomic E-state index is 4.23. The summed E-state index contributed by atoms with van der Waals surface area (Å²) in [7, 11) is 3.94. The summed E-state index contributed by atoms with van der Waals surface area (Å²) in [5, 5.41) is 11.8. The van der Waals surface area contributed by atoms with Crippen LogP contribution in [0, 0.1) is 0 Å². The molecule has 76 valence electrons. The quantitative estimate of drug-likeness (QED) is 0.758. The number of nitrogens with zero attached hydrogens (tertiary/aromatic N) is 3. The number of hydrogen-bond acceptors (Lipinski definition) is 4. The molecule has 1 aliphatic heterocycles. The lowest BCUT2D eigenvalue weighted by Gasteiger charge is -2.12. The molecule has 0 bridgehead atoms. The lowest BCUT2D eigenvalue weighted by Crippen LogP contribution is -2.16. The van der Waals surface area contributed by atoms with E-state index in [9.17, 15) is 0 Å². The fourth-order valence-electron chi connectivity index (χ4n) is 1.70. The van der Waals surface area contributed by atoms with Crippen molar-refractivity contribution in [2.45, 2.75) is 18.9 Å². The van der Waals surface area contributed by atoms with Gasteiger partial charge in [0.2, 0.25) is 0 Å². The van der Waals surface area contributed by atoms with E-state index in [1.165, 1.54) is 12.8 Å². The molecule has 0 radical (unpaired) electrons. The molecule has 2 rings (SSSR count). The predicted octanol–water partition coefficient (Wildman–Crippen LogP) is 0.967. The summed E-state index contributed by atoms with van der Waals surface area (Å²) in [5.74, 6) is 0.909. The molecule has 1 N–H and O–H groups in total. The molecule has 2 heterocycles. The molecule has 0 aliphatic carbocycles. The molecule has 4 nitrogen and oxygen atoms in total. The first-order valence-corrected chi connectivity index (χ1v) is 5.02. The molecule has 0 saturated carbocycles. The fourth-order valence-corrected chi connectivity index (χ4v) is 1.70. The Hall–Kier alpha value is -1.16. The summed E-state index contributed by atoms with van der Waals surface area (Å²) < 4.78 is 0. The van der Waals surface area contributed by atoms with Gasteiger partial charge in [0.25, 0.3) is 0 Å². The van der Waals surface area contributed by atoms with E-state index in [0.717, 1.165) is 18.1 Å². The number of nitrogens with one attached hydrogen (secondary N) is 1. The van der Waals surface area contributed by atoms with E-state index in [1.807, 2.05) is 25.1 Å². The van der Waals surface area contributed by atoms with Gasteiger partial charge in [0.1, 0.15) is 0 Å². The van der Waals surface area contributed by atoms with E-state index in [1.54, 1.807) is 0 Å². The van der Waals surface area contributed by atoms with Gasteiger partial charge in [-0.2, -0.15) is 5.10 Å². The van der Waals surface area contributed by atoms with Crippen molar-refractivity contribution in [2.75, 3.05) is 25.5 Å². The third-order valence-corrected chi connectivity index (χ3v) is 2.55. The molecule has 1 aromatic rings. The Bertz CT molecular complexity index is 287. The average Bonchev–Trinajstić information content (AvgIpc) is 2.71. The second-order valence-electron chi connectivity index (χ2n) is 3.86. The van der Waals surface area contributed by atoms with E-state index in [-0.39, 0.29) is 0 Å². The van der Waals surface area contributed by atoms with E-state index < -0.39 is 0 Å². The van der Waals surface area contributed by atoms with Gasteiger partial charge in [-0.05, 0) is 31.5 Å². The molecule has 1 aromatic heterocycles. The van der Waals surface area contributed by atoms with Crippen LogP contribution in [0.1, 0.15) is 24.6 Å². The van der Waals surface area contributed by atoms with E-state index in [2.05, 4.69) is 21.6 Å². The van der Waals surface area contributed by atoms with Crippen molar-refractivity contribution in [2.24, 2.45) is 0 Å². The number of aromatic nitrogens is 2. The van der Waals surface area contributed by atoms with Crippen LogP contribution in [-0.2, 0) is 0 Å². The number of hydrogen-bond donors (Lipinski definition) is 1. The summed E-state index contributed by atoms with van der Waals surface area (Å²) in [6, 6.07) is 4.49. The maximum atomic E-state index is 4.23. The second-order valence-corrected chi connectivity index (χ2v) is 3.86. The number of anilines is 1. The SMILES string of the molecule is CN(C)c1ccc(C2CCCN2)nn1. The molecule has 1 aliphatic rings. The van der Waals surface area contributed by atoms with Crippen LogP contribution in [0.3, 0.4) is 0 Å². The first-order chi connectivity index (χ1) is 6.77. The Morgan fingerprint density at radius 3 is 2.71 bits per heavy atom. The molecule has 1 fully saturated rings. The monoisotopic (exact) mass is 192 g/mol. The van der Waals surface area contributed by atoms with Gasteiger partial charge < -0.3 is 10.2 Å². The van der Waals surface area contributed by atoms with Gasteiger partial charge in [-0.25, -0.2) is 0 Å². The van der Waals surface area contributed by atoms with Gasteiger partial charge in [-0.1, -0.05) is 0 Å². The predicted molar refractivity (Wildman–Crippen MR) is 56.3 cm³/mol. The van der Waals surface area contributed by atoms with Gasteiger partial charge in [0.15, 0.2) is 5.82 Å². The Labute approximate surface area is 84.3 Å². The zero-order valence-corrected chi connectivity index (χ0v) is 8.70. The van der Waals surface area contributed by atoms with Crippen molar-refractivity contribution < 1.29 is 0 Å². The van der Waals surface area contributed by atoms with Crippen molar-refractivity contribution in [3.63, 3.8) is 0 Å². The number of rotatable bonds is 2. The zero-order chi connectivity index (χ0) is 9.97. The molecule has 4 heteroatoms. The standard InChI is InChI=1S/C10H16N4/c1-14(2)10-6-5-9(12-13-10)8-4-3-7-11-8/h5-6,8,11H,3-4,7H2,1-2H3. The van der Waals surface area contributed by atoms with Crippen LogP contribution >= 0.6 is 0 Å². The average molecular weight is 192 g/mol. The lowest BCUT2D eigenvalue weighted by molar-refractivity contribution is 0.616. The Morgan fingerprint density at radius 1 is 1.36 bits per heavy atom. The molecule has 1 unspecified atom stereocenters. The molecule has 0 amide bonds. The van der Waals surface area contributed by atoms with Gasteiger partial charge >= 0.3 is 0 Å². The fraction of sp³-hybridized carbons (Fsp3) is 0.600. The smallest absolute Gasteiger partial charge is 0.150 e. The highest BCUT2D eigenvalue weighted by molar-refractivity contribution is 5.35. The maximum Gasteiger partial charge on any atom is 0.150 e. The van der Waals surface area contributed by atoms with Crippen molar-refractivity contribution in [3.8, 4) is 0 Å². The largest absolute Gasteiger partial charge is 0.361 e. The first-order valence-electron chi connectivity index (χ1n) is 5.02. The van der Waals surface area contributed by atoms with Gasteiger partial charge in [0.05, 0.1) is 11.7 Å². The van der Waals surface area contributed by atoms with Crippen molar-refractivity contribution in [3.05, 3.63) is 17.8 Å². The van der Waals surface area contributed by atoms with Crippen LogP contribution in [0.15, 0.2) is 12.1 Å².